The van der Waals surface area contributed by atoms with Crippen molar-refractivity contribution in [3.05, 3.63) is 29.8 Å². The molecule has 5 fully saturated rings. The van der Waals surface area contributed by atoms with Gasteiger partial charge in [-0.25, -0.2) is 12.7 Å². The lowest BCUT2D eigenvalue weighted by Gasteiger charge is -2.32. The van der Waals surface area contributed by atoms with Gasteiger partial charge in [-0.05, 0) is 199 Å². The minimum atomic E-state index is -2.94. The monoisotopic (exact) mass is 1030 g/mol. The number of carbonyl (C=O) groups is 1. The molecule has 6 aliphatic rings. The molecular weight excluding hydrogens is 911 g/mol. The molecule has 1 aromatic carbocycles. The number of fused-ring (bicyclic) bond motifs is 1. The molecule has 1 unspecified atom stereocenters. The number of nitrogens with zero attached hydrogens (tertiary/aromatic N) is 3. The summed E-state index contributed by atoms with van der Waals surface area (Å²) < 4.78 is 35.0. The summed E-state index contributed by atoms with van der Waals surface area (Å²) in [6.07, 6.45) is 28.0. The van der Waals surface area contributed by atoms with Gasteiger partial charge in [0.2, 0.25) is 15.9 Å². The summed E-state index contributed by atoms with van der Waals surface area (Å²) in [5.74, 6) is 11.7. The molecule has 1 atom stereocenters. The summed E-state index contributed by atoms with van der Waals surface area (Å²) in [4.78, 5) is 15.5. The van der Waals surface area contributed by atoms with Gasteiger partial charge in [-0.2, -0.15) is 0 Å². The molecule has 9 heteroatoms. The Bertz CT molecular complexity index is 1570. The number of hydrogen-bond donors (Lipinski definition) is 0. The van der Waals surface area contributed by atoms with Crippen molar-refractivity contribution in [1.82, 2.24) is 14.1 Å². The number of ether oxygens (including phenoxy) is 2. The summed E-state index contributed by atoms with van der Waals surface area (Å²) >= 11 is 0. The number of piperidine rings is 3. The number of rotatable bonds is 13. The van der Waals surface area contributed by atoms with Crippen LogP contribution in [0.15, 0.2) is 24.3 Å². The third kappa shape index (κ3) is 31.4. The molecule has 4 saturated heterocycles. The lowest BCUT2D eigenvalue weighted by atomic mass is 9.84. The van der Waals surface area contributed by atoms with E-state index >= 15 is 0 Å². The van der Waals surface area contributed by atoms with Crippen molar-refractivity contribution >= 4 is 15.9 Å². The van der Waals surface area contributed by atoms with E-state index in [0.29, 0.717) is 5.92 Å². The van der Waals surface area contributed by atoms with Gasteiger partial charge < -0.3 is 19.3 Å². The van der Waals surface area contributed by atoms with Gasteiger partial charge in [-0.1, -0.05) is 133 Å². The number of sulfonamides is 1. The van der Waals surface area contributed by atoms with E-state index in [-0.39, 0.29) is 5.91 Å². The lowest BCUT2D eigenvalue weighted by Crippen LogP contribution is -2.37. The van der Waals surface area contributed by atoms with Gasteiger partial charge in [0.25, 0.3) is 0 Å². The first kappa shape index (κ1) is 66.4. The van der Waals surface area contributed by atoms with E-state index in [1.54, 1.807) is 11.2 Å². The van der Waals surface area contributed by atoms with Gasteiger partial charge in [0.1, 0.15) is 5.75 Å². The maximum Gasteiger partial charge on any atom is 0.219 e. The topological polar surface area (TPSA) is 79.4 Å². The van der Waals surface area contributed by atoms with Crippen LogP contribution in [0.5, 0.6) is 5.75 Å². The van der Waals surface area contributed by atoms with Gasteiger partial charge in [0, 0.05) is 46.3 Å². The Morgan fingerprint density at radius 3 is 1.32 bits per heavy atom. The minimum Gasteiger partial charge on any atom is -0.493 e. The fraction of sp³-hybridized carbons (Fsp3) is 0.889. The predicted molar refractivity (Wildman–Crippen MR) is 310 cm³/mol. The summed E-state index contributed by atoms with van der Waals surface area (Å²) in [7, 11) is -0.717. The van der Waals surface area contributed by atoms with Crippen molar-refractivity contribution in [3.63, 3.8) is 0 Å². The molecule has 0 radical (unpaired) electrons. The maximum atomic E-state index is 11.2. The van der Waals surface area contributed by atoms with Crippen molar-refractivity contribution in [2.45, 2.75) is 224 Å². The normalized spacial score (nSPS) is 21.3. The largest absolute Gasteiger partial charge is 0.493 e. The highest BCUT2D eigenvalue weighted by Gasteiger charge is 2.26. The fourth-order valence-corrected chi connectivity index (χ4v) is 13.1. The van der Waals surface area contributed by atoms with E-state index < -0.39 is 10.0 Å². The van der Waals surface area contributed by atoms with Crippen molar-refractivity contribution < 1.29 is 22.7 Å². The Labute approximate surface area is 448 Å². The van der Waals surface area contributed by atoms with Gasteiger partial charge >= 0.3 is 0 Å². The molecule has 0 spiro atoms. The first-order valence-corrected chi connectivity index (χ1v) is 32.0. The van der Waals surface area contributed by atoms with Gasteiger partial charge in [0.05, 0.1) is 12.9 Å². The van der Waals surface area contributed by atoms with Crippen LogP contribution in [0.25, 0.3) is 0 Å². The van der Waals surface area contributed by atoms with Gasteiger partial charge in [-0.3, -0.25) is 4.79 Å². The zero-order valence-electron chi connectivity index (χ0n) is 50.0. The van der Waals surface area contributed by atoms with E-state index in [4.69, 9.17) is 9.47 Å². The van der Waals surface area contributed by atoms with Crippen molar-refractivity contribution in [3.8, 4) is 5.75 Å². The number of amides is 1. The average molecular weight is 1030 g/mol. The highest BCUT2D eigenvalue weighted by Crippen LogP contribution is 2.37. The van der Waals surface area contributed by atoms with Gasteiger partial charge in [0.15, 0.2) is 0 Å². The summed E-state index contributed by atoms with van der Waals surface area (Å²) in [5.41, 5.74) is 1.41. The first-order chi connectivity index (χ1) is 34.0. The zero-order valence-corrected chi connectivity index (χ0v) is 50.9. The highest BCUT2D eigenvalue weighted by atomic mass is 32.2. The molecule has 72 heavy (non-hydrogen) atoms. The molecule has 5 aliphatic heterocycles. The second-order valence-corrected chi connectivity index (χ2v) is 28.0. The standard InChI is InChI=1S/C13H18O.C11H21NO.C10H21NO2S.C10H21N.C10H20.C9H18O/c1-10(2)9-11-7-8-14-13-6-4-3-5-12(11)13;1-9(2)8-11-4-6-12(7-5-11)10(3)13;1-9(2)8-10-4-6-11(7-5-10)14(3,12)13;1-9(2)8-10-4-6-11(3)7-5-10;1-9(2)8-10-6-4-3-5-7-10;1-8(2)7-9-3-5-10-6-4-9/h3-6,10-11H,7-9H2,1-2H3;9,11H,4-8H2,1-3H3;9-10H,4-8H2,1-3H3;9-10H,4-8H2,1-3H3;9-10H,3-8H2,1-2H3;8-9H,3-7H2,1-2H3. The third-order valence-corrected chi connectivity index (χ3v) is 17.2. The quantitative estimate of drug-likeness (QED) is 0.196. The molecule has 1 aliphatic carbocycles. The second-order valence-electron chi connectivity index (χ2n) is 26.0. The minimum absolute atomic E-state index is 0.239. The molecule has 7 rings (SSSR count). The number of likely N-dealkylation sites (tertiary alicyclic amines) is 2. The molecule has 8 nitrogen and oxygen atoms in total. The number of para-hydroxylation sites is 1. The Balaban J connectivity index is 0.000000298. The van der Waals surface area contributed by atoms with Crippen molar-refractivity contribution in [2.24, 2.45) is 65.1 Å². The van der Waals surface area contributed by atoms with Crippen LogP contribution < -0.4 is 4.74 Å². The molecule has 0 N–H and O–H groups in total. The zero-order chi connectivity index (χ0) is 53.6. The highest BCUT2D eigenvalue weighted by molar-refractivity contribution is 7.88. The van der Waals surface area contributed by atoms with Crippen LogP contribution in [-0.2, 0) is 19.6 Å². The molecule has 0 bridgehead atoms. The van der Waals surface area contributed by atoms with Crippen LogP contribution in [-0.4, -0.2) is 101 Å². The molecule has 1 amide bonds. The lowest BCUT2D eigenvalue weighted by molar-refractivity contribution is -0.130. The molecule has 1 saturated carbocycles. The Kier molecular flexibility index (Phi) is 34.3. The smallest absolute Gasteiger partial charge is 0.219 e. The summed E-state index contributed by atoms with van der Waals surface area (Å²) in [5, 5.41) is 0. The Morgan fingerprint density at radius 2 is 0.903 bits per heavy atom. The van der Waals surface area contributed by atoms with Crippen LogP contribution in [0.3, 0.4) is 0 Å². The van der Waals surface area contributed by atoms with E-state index in [0.717, 1.165) is 130 Å². The number of hydrogen-bond acceptors (Lipinski definition) is 6. The molecule has 422 valence electrons. The third-order valence-electron chi connectivity index (χ3n) is 15.9. The van der Waals surface area contributed by atoms with Crippen molar-refractivity contribution in [1.29, 1.82) is 0 Å². The SMILES string of the molecule is CC(=O)N1CCC(CC(C)C)CC1.CC(C)CC1CCCCC1.CC(C)CC1CCN(C)CC1.CC(C)CC1CCN(S(C)(=O)=O)CC1.CC(C)CC1CCOCC1.CC(C)CC1CCOc2ccccc21. The first-order valence-electron chi connectivity index (χ1n) is 30.2. The summed E-state index contributed by atoms with van der Waals surface area (Å²) in [6, 6.07) is 8.46. The average Bonchev–Trinajstić information content (AvgIpc) is 3.31. The molecule has 5 heterocycles. The predicted octanol–water partition coefficient (Wildman–Crippen LogP) is 16.0. The van der Waals surface area contributed by atoms with Gasteiger partial charge in [-0.15, -0.1) is 0 Å². The maximum absolute atomic E-state index is 11.2. The molecular formula is C63H119N3O5S. The molecule has 0 aromatic heterocycles. The van der Waals surface area contributed by atoms with E-state index in [9.17, 15) is 13.2 Å². The number of carbonyl (C=O) groups excluding carboxylic acids is 1. The van der Waals surface area contributed by atoms with Crippen molar-refractivity contribution in [2.75, 3.05) is 72.4 Å². The fourth-order valence-electron chi connectivity index (χ4n) is 12.2. The van der Waals surface area contributed by atoms with Crippen LogP contribution >= 0.6 is 0 Å². The van der Waals surface area contributed by atoms with E-state index in [1.165, 1.54) is 140 Å². The Hall–Kier alpha value is -1.68. The van der Waals surface area contributed by atoms with Crippen LogP contribution in [0.4, 0.5) is 0 Å². The molecule has 1 aromatic rings. The van der Waals surface area contributed by atoms with Crippen LogP contribution in [0.1, 0.15) is 230 Å². The van der Waals surface area contributed by atoms with E-state index in [1.807, 2.05) is 4.90 Å². The van der Waals surface area contributed by atoms with Crippen LogP contribution in [0, 0.1) is 65.1 Å². The Morgan fingerprint density at radius 1 is 0.514 bits per heavy atom. The number of benzene rings is 1. The van der Waals surface area contributed by atoms with Crippen LogP contribution in [0.2, 0.25) is 0 Å². The van der Waals surface area contributed by atoms with E-state index in [2.05, 4.69) is 119 Å². The second kappa shape index (κ2) is 37.2. The summed E-state index contributed by atoms with van der Waals surface area (Å²) in [6.45, 7) is 38.1.